The molecule has 2 aromatic rings. The van der Waals surface area contributed by atoms with Crippen molar-refractivity contribution in [2.45, 2.75) is 18.9 Å². The highest BCUT2D eigenvalue weighted by Gasteiger charge is 2.17. The molecule has 0 radical (unpaired) electrons. The lowest BCUT2D eigenvalue weighted by Gasteiger charge is -2.12. The van der Waals surface area contributed by atoms with Crippen molar-refractivity contribution >= 4 is 5.78 Å². The Hall–Kier alpha value is -2.33. The lowest BCUT2D eigenvalue weighted by molar-refractivity contribution is -0.126. The molecule has 0 bridgehead atoms. The zero-order chi connectivity index (χ0) is 15.9. The largest absolute Gasteiger partial charge is 0.497 e. The van der Waals surface area contributed by atoms with Gasteiger partial charge in [-0.05, 0) is 23.8 Å². The van der Waals surface area contributed by atoms with Crippen molar-refractivity contribution in [2.24, 2.45) is 0 Å². The number of Topliss-reactive ketones (excluding diaryl/α,β-unsaturated/α-hetero) is 1. The predicted molar refractivity (Wildman–Crippen MR) is 84.4 cm³/mol. The van der Waals surface area contributed by atoms with E-state index in [-0.39, 0.29) is 18.6 Å². The summed E-state index contributed by atoms with van der Waals surface area (Å²) in [6.45, 7) is 0. The van der Waals surface area contributed by atoms with E-state index in [1.54, 1.807) is 20.3 Å². The van der Waals surface area contributed by atoms with Crippen LogP contribution in [0.2, 0.25) is 0 Å². The Balaban J connectivity index is 1.99. The third-order valence-corrected chi connectivity index (χ3v) is 3.52. The van der Waals surface area contributed by atoms with Gasteiger partial charge in [-0.1, -0.05) is 30.3 Å². The van der Waals surface area contributed by atoms with E-state index in [9.17, 15) is 9.90 Å². The number of benzene rings is 2. The number of hydrogen-bond donors (Lipinski definition) is 1. The second-order valence-electron chi connectivity index (χ2n) is 5.02. The van der Waals surface area contributed by atoms with E-state index in [1.165, 1.54) is 0 Å². The predicted octanol–water partition coefficient (Wildman–Crippen LogP) is 2.42. The standard InChI is InChI=1S/C18H20O4/c1-21-15-9-7-13(8-10-15)11-16(19)17(20)12-14-5-3-4-6-18(14)22-2/h3-10,16,19H,11-12H2,1-2H3. The van der Waals surface area contributed by atoms with Crippen molar-refractivity contribution < 1.29 is 19.4 Å². The summed E-state index contributed by atoms with van der Waals surface area (Å²) in [6.07, 6.45) is -0.586. The average Bonchev–Trinajstić information content (AvgIpc) is 2.56. The minimum absolute atomic E-state index is 0.154. The van der Waals surface area contributed by atoms with E-state index in [4.69, 9.17) is 9.47 Å². The SMILES string of the molecule is COc1ccc(CC(O)C(=O)Cc2ccccc2OC)cc1. The van der Waals surface area contributed by atoms with Crippen LogP contribution in [0.15, 0.2) is 48.5 Å². The Bertz CT molecular complexity index is 619. The number of hydrogen-bond acceptors (Lipinski definition) is 4. The fraction of sp³-hybridized carbons (Fsp3) is 0.278. The number of para-hydroxylation sites is 1. The fourth-order valence-electron chi connectivity index (χ4n) is 2.25. The molecule has 0 aliphatic rings. The lowest BCUT2D eigenvalue weighted by Crippen LogP contribution is -2.24. The van der Waals surface area contributed by atoms with Crippen LogP contribution in [0.5, 0.6) is 11.5 Å². The number of aliphatic hydroxyl groups excluding tert-OH is 1. The summed E-state index contributed by atoms with van der Waals surface area (Å²) in [5.74, 6) is 1.19. The molecule has 0 spiro atoms. The van der Waals surface area contributed by atoms with E-state index < -0.39 is 6.10 Å². The van der Waals surface area contributed by atoms with Crippen LogP contribution >= 0.6 is 0 Å². The molecule has 0 saturated carbocycles. The normalized spacial score (nSPS) is 11.8. The molecule has 2 rings (SSSR count). The van der Waals surface area contributed by atoms with E-state index in [2.05, 4.69) is 0 Å². The first-order valence-corrected chi connectivity index (χ1v) is 7.09. The van der Waals surface area contributed by atoms with Crippen LogP contribution < -0.4 is 9.47 Å². The third kappa shape index (κ3) is 4.09. The van der Waals surface area contributed by atoms with Gasteiger partial charge in [0.15, 0.2) is 5.78 Å². The van der Waals surface area contributed by atoms with Gasteiger partial charge in [-0.3, -0.25) is 4.79 Å². The highest BCUT2D eigenvalue weighted by atomic mass is 16.5. The highest BCUT2D eigenvalue weighted by Crippen LogP contribution is 2.19. The van der Waals surface area contributed by atoms with Crippen LogP contribution in [-0.4, -0.2) is 31.2 Å². The van der Waals surface area contributed by atoms with E-state index in [1.807, 2.05) is 42.5 Å². The van der Waals surface area contributed by atoms with Gasteiger partial charge in [0, 0.05) is 18.4 Å². The Morgan fingerprint density at radius 3 is 2.36 bits per heavy atom. The van der Waals surface area contributed by atoms with Crippen LogP contribution in [0.1, 0.15) is 11.1 Å². The van der Waals surface area contributed by atoms with Crippen LogP contribution in [0.3, 0.4) is 0 Å². The summed E-state index contributed by atoms with van der Waals surface area (Å²) >= 11 is 0. The van der Waals surface area contributed by atoms with E-state index in [0.29, 0.717) is 5.75 Å². The second-order valence-corrected chi connectivity index (χ2v) is 5.02. The number of aliphatic hydroxyl groups is 1. The molecule has 116 valence electrons. The molecule has 2 aromatic carbocycles. The van der Waals surface area contributed by atoms with Crippen molar-refractivity contribution in [1.29, 1.82) is 0 Å². The maximum Gasteiger partial charge on any atom is 0.166 e. The van der Waals surface area contributed by atoms with E-state index in [0.717, 1.165) is 16.9 Å². The minimum atomic E-state index is -1.03. The van der Waals surface area contributed by atoms with Crippen molar-refractivity contribution in [2.75, 3.05) is 14.2 Å². The zero-order valence-corrected chi connectivity index (χ0v) is 12.8. The molecule has 1 unspecified atom stereocenters. The number of ketones is 1. The number of ether oxygens (including phenoxy) is 2. The van der Waals surface area contributed by atoms with Crippen LogP contribution in [-0.2, 0) is 17.6 Å². The first-order chi connectivity index (χ1) is 10.6. The van der Waals surface area contributed by atoms with Gasteiger partial charge < -0.3 is 14.6 Å². The van der Waals surface area contributed by atoms with Crippen molar-refractivity contribution in [3.63, 3.8) is 0 Å². The molecule has 0 aliphatic carbocycles. The number of methoxy groups -OCH3 is 2. The summed E-state index contributed by atoms with van der Waals surface area (Å²) in [4.78, 5) is 12.2. The van der Waals surface area contributed by atoms with Crippen LogP contribution in [0.25, 0.3) is 0 Å². The summed E-state index contributed by atoms with van der Waals surface area (Å²) in [5, 5.41) is 10.1. The zero-order valence-electron chi connectivity index (χ0n) is 12.8. The third-order valence-electron chi connectivity index (χ3n) is 3.52. The van der Waals surface area contributed by atoms with Gasteiger partial charge in [-0.2, -0.15) is 0 Å². The van der Waals surface area contributed by atoms with Crippen molar-refractivity contribution in [1.82, 2.24) is 0 Å². The van der Waals surface area contributed by atoms with Crippen LogP contribution in [0.4, 0.5) is 0 Å². The molecule has 0 fully saturated rings. The quantitative estimate of drug-likeness (QED) is 0.853. The Morgan fingerprint density at radius 2 is 1.73 bits per heavy atom. The first-order valence-electron chi connectivity index (χ1n) is 7.09. The van der Waals surface area contributed by atoms with Gasteiger partial charge in [-0.15, -0.1) is 0 Å². The molecular weight excluding hydrogens is 280 g/mol. The summed E-state index contributed by atoms with van der Waals surface area (Å²) in [5.41, 5.74) is 1.67. The van der Waals surface area contributed by atoms with Crippen LogP contribution in [0, 0.1) is 0 Å². The highest BCUT2D eigenvalue weighted by molar-refractivity contribution is 5.85. The fourth-order valence-corrected chi connectivity index (χ4v) is 2.25. The van der Waals surface area contributed by atoms with Gasteiger partial charge in [0.2, 0.25) is 0 Å². The molecule has 4 heteroatoms. The molecule has 4 nitrogen and oxygen atoms in total. The maximum absolute atomic E-state index is 12.2. The topological polar surface area (TPSA) is 55.8 Å². The molecular formula is C18H20O4. The number of carbonyl (C=O) groups excluding carboxylic acids is 1. The molecule has 0 aromatic heterocycles. The van der Waals surface area contributed by atoms with Gasteiger partial charge in [-0.25, -0.2) is 0 Å². The Morgan fingerprint density at radius 1 is 1.05 bits per heavy atom. The Kier molecular flexibility index (Phi) is 5.55. The monoisotopic (exact) mass is 300 g/mol. The average molecular weight is 300 g/mol. The second kappa shape index (κ2) is 7.61. The first kappa shape index (κ1) is 16.0. The molecule has 0 saturated heterocycles. The molecule has 22 heavy (non-hydrogen) atoms. The minimum Gasteiger partial charge on any atom is -0.497 e. The number of carbonyl (C=O) groups is 1. The molecule has 1 atom stereocenters. The Labute approximate surface area is 130 Å². The molecule has 0 aliphatic heterocycles. The summed E-state index contributed by atoms with van der Waals surface area (Å²) < 4.78 is 10.3. The molecule has 1 N–H and O–H groups in total. The maximum atomic E-state index is 12.2. The molecule has 0 amide bonds. The smallest absolute Gasteiger partial charge is 0.166 e. The molecule has 0 heterocycles. The lowest BCUT2D eigenvalue weighted by atomic mass is 9.99. The van der Waals surface area contributed by atoms with Gasteiger partial charge in [0.05, 0.1) is 14.2 Å². The van der Waals surface area contributed by atoms with Gasteiger partial charge in [0.1, 0.15) is 17.6 Å². The number of rotatable bonds is 7. The van der Waals surface area contributed by atoms with E-state index >= 15 is 0 Å². The van der Waals surface area contributed by atoms with Gasteiger partial charge in [0.25, 0.3) is 0 Å². The van der Waals surface area contributed by atoms with Crippen molar-refractivity contribution in [3.8, 4) is 11.5 Å². The van der Waals surface area contributed by atoms with Gasteiger partial charge >= 0.3 is 0 Å². The summed E-state index contributed by atoms with van der Waals surface area (Å²) in [6, 6.07) is 14.6. The van der Waals surface area contributed by atoms with Crippen molar-refractivity contribution in [3.05, 3.63) is 59.7 Å². The summed E-state index contributed by atoms with van der Waals surface area (Å²) in [7, 11) is 3.16.